The Balaban J connectivity index is 2.09. The highest BCUT2D eigenvalue weighted by atomic mass is 19.4. The molecule has 0 aliphatic heterocycles. The van der Waals surface area contributed by atoms with Crippen LogP contribution in [0.15, 0.2) is 60.8 Å². The van der Waals surface area contributed by atoms with Gasteiger partial charge in [-0.05, 0) is 50.1 Å². The summed E-state index contributed by atoms with van der Waals surface area (Å²) < 4.78 is 38.5. The van der Waals surface area contributed by atoms with Gasteiger partial charge in [0, 0.05) is 35.0 Å². The first-order valence-corrected chi connectivity index (χ1v) is 9.24. The van der Waals surface area contributed by atoms with Crippen LogP contribution in [0.4, 0.5) is 13.2 Å². The lowest BCUT2D eigenvalue weighted by molar-refractivity contribution is -0.141. The minimum Gasteiger partial charge on any atom is -0.507 e. The maximum Gasteiger partial charge on any atom is 0.433 e. The third-order valence-electron chi connectivity index (χ3n) is 4.47. The van der Waals surface area contributed by atoms with E-state index in [0.717, 1.165) is 11.6 Å². The maximum atomic E-state index is 12.8. The summed E-state index contributed by atoms with van der Waals surface area (Å²) >= 11 is 0. The van der Waals surface area contributed by atoms with Gasteiger partial charge in [-0.25, -0.2) is 0 Å². The van der Waals surface area contributed by atoms with Crippen LogP contribution in [0.3, 0.4) is 0 Å². The van der Waals surface area contributed by atoms with E-state index in [4.69, 9.17) is 0 Å². The number of rotatable bonds is 4. The molecule has 29 heavy (non-hydrogen) atoms. The number of phenolic OH excluding ortho intramolecular Hbond substituents is 1. The second-order valence-electron chi connectivity index (χ2n) is 7.93. The lowest BCUT2D eigenvalue weighted by atomic mass is 9.95. The van der Waals surface area contributed by atoms with Crippen molar-refractivity contribution in [3.8, 4) is 28.0 Å². The molecule has 0 spiro atoms. The van der Waals surface area contributed by atoms with E-state index in [1.807, 2.05) is 51.1 Å². The van der Waals surface area contributed by atoms with Gasteiger partial charge in [0.1, 0.15) is 11.4 Å². The van der Waals surface area contributed by atoms with Crippen LogP contribution in [0, 0.1) is 0 Å². The molecule has 6 heteroatoms. The van der Waals surface area contributed by atoms with Crippen LogP contribution in [0.5, 0.6) is 5.75 Å². The third kappa shape index (κ3) is 5.15. The molecule has 0 fully saturated rings. The van der Waals surface area contributed by atoms with Gasteiger partial charge >= 0.3 is 6.18 Å². The summed E-state index contributed by atoms with van der Waals surface area (Å²) in [5, 5.41) is 14.2. The highest BCUT2D eigenvalue weighted by molar-refractivity contribution is 5.79. The van der Waals surface area contributed by atoms with E-state index in [1.54, 1.807) is 12.1 Å². The molecule has 0 unspecified atom stereocenters. The summed E-state index contributed by atoms with van der Waals surface area (Å²) in [7, 11) is 0. The van der Waals surface area contributed by atoms with Crippen molar-refractivity contribution in [1.29, 1.82) is 0 Å². The Labute approximate surface area is 168 Å². The molecule has 2 aromatic carbocycles. The highest BCUT2D eigenvalue weighted by Gasteiger charge is 2.32. The Morgan fingerprint density at radius 2 is 1.59 bits per heavy atom. The van der Waals surface area contributed by atoms with Gasteiger partial charge in [-0.1, -0.05) is 36.4 Å². The number of halogens is 3. The first-order valence-electron chi connectivity index (χ1n) is 9.24. The molecule has 2 N–H and O–H groups in total. The number of pyridine rings is 1. The Bertz CT molecular complexity index is 976. The van der Waals surface area contributed by atoms with Crippen LogP contribution in [-0.2, 0) is 12.7 Å². The molecule has 3 aromatic rings. The van der Waals surface area contributed by atoms with Crippen LogP contribution < -0.4 is 5.32 Å². The molecule has 0 saturated heterocycles. The lowest BCUT2D eigenvalue weighted by Crippen LogP contribution is -2.35. The molecule has 0 atom stereocenters. The van der Waals surface area contributed by atoms with Crippen LogP contribution in [-0.4, -0.2) is 15.6 Å². The predicted molar refractivity (Wildman–Crippen MR) is 108 cm³/mol. The molecule has 3 nitrogen and oxygen atoms in total. The molecule has 0 aliphatic carbocycles. The van der Waals surface area contributed by atoms with E-state index in [2.05, 4.69) is 10.3 Å². The molecule has 3 rings (SSSR count). The number of nitrogens with zero attached hydrogens (tertiary/aromatic N) is 1. The SMILES string of the molecule is CC(C)(C)NCc1cc(-c2ccc(C(F)(F)F)nc2)cc(-c2ccccc2)c1O. The average molecular weight is 400 g/mol. The average Bonchev–Trinajstić information content (AvgIpc) is 2.66. The molecule has 0 amide bonds. The summed E-state index contributed by atoms with van der Waals surface area (Å²) in [6, 6.07) is 15.3. The second kappa shape index (κ2) is 7.87. The Morgan fingerprint density at radius 3 is 2.14 bits per heavy atom. The minimum absolute atomic E-state index is 0.150. The number of phenols is 1. The van der Waals surface area contributed by atoms with Gasteiger partial charge in [0.25, 0.3) is 0 Å². The summed E-state index contributed by atoms with van der Waals surface area (Å²) in [4.78, 5) is 3.56. The fraction of sp³-hybridized carbons (Fsp3) is 0.261. The number of nitrogens with one attached hydrogen (secondary N) is 1. The summed E-state index contributed by atoms with van der Waals surface area (Å²) in [5.41, 5.74) is 2.25. The molecule has 0 radical (unpaired) electrons. The van der Waals surface area contributed by atoms with Crippen LogP contribution in [0.1, 0.15) is 32.0 Å². The van der Waals surface area contributed by atoms with Crippen molar-refractivity contribution in [2.45, 2.75) is 39.0 Å². The normalized spacial score (nSPS) is 12.2. The molecule has 1 heterocycles. The van der Waals surface area contributed by atoms with Gasteiger partial charge in [0.15, 0.2) is 0 Å². The predicted octanol–water partition coefficient (Wildman–Crippen LogP) is 6.03. The molecule has 1 aromatic heterocycles. The summed E-state index contributed by atoms with van der Waals surface area (Å²) in [6.07, 6.45) is -3.27. The van der Waals surface area contributed by atoms with Gasteiger partial charge in [-0.3, -0.25) is 4.98 Å². The number of benzene rings is 2. The molecule has 0 bridgehead atoms. The Morgan fingerprint density at radius 1 is 0.897 bits per heavy atom. The van der Waals surface area contributed by atoms with E-state index in [9.17, 15) is 18.3 Å². The Hall–Kier alpha value is -2.86. The molecule has 0 saturated carbocycles. The topological polar surface area (TPSA) is 45.2 Å². The maximum absolute atomic E-state index is 12.8. The number of aromatic nitrogens is 1. The van der Waals surface area contributed by atoms with Crippen molar-refractivity contribution < 1.29 is 18.3 Å². The Kier molecular flexibility index (Phi) is 5.66. The minimum atomic E-state index is -4.48. The molecular formula is C23H23F3N2O. The summed E-state index contributed by atoms with van der Waals surface area (Å²) in [5.74, 6) is 0.150. The zero-order valence-corrected chi connectivity index (χ0v) is 16.5. The molecule has 0 aliphatic rings. The zero-order chi connectivity index (χ0) is 21.2. The largest absolute Gasteiger partial charge is 0.507 e. The van der Waals surface area contributed by atoms with Crippen molar-refractivity contribution in [3.63, 3.8) is 0 Å². The fourth-order valence-electron chi connectivity index (χ4n) is 2.93. The van der Waals surface area contributed by atoms with Gasteiger partial charge in [-0.15, -0.1) is 0 Å². The van der Waals surface area contributed by atoms with E-state index in [1.165, 1.54) is 12.3 Å². The van der Waals surface area contributed by atoms with E-state index < -0.39 is 11.9 Å². The van der Waals surface area contributed by atoms with Crippen molar-refractivity contribution in [3.05, 3.63) is 72.1 Å². The van der Waals surface area contributed by atoms with Gasteiger partial charge in [0.2, 0.25) is 0 Å². The van der Waals surface area contributed by atoms with Crippen molar-refractivity contribution >= 4 is 0 Å². The van der Waals surface area contributed by atoms with Crippen LogP contribution in [0.25, 0.3) is 22.3 Å². The molecule has 152 valence electrons. The first kappa shape index (κ1) is 20.9. The highest BCUT2D eigenvalue weighted by Crippen LogP contribution is 2.37. The zero-order valence-electron chi connectivity index (χ0n) is 16.5. The number of alkyl halides is 3. The number of hydrogen-bond acceptors (Lipinski definition) is 3. The van der Waals surface area contributed by atoms with Crippen molar-refractivity contribution in [2.24, 2.45) is 0 Å². The van der Waals surface area contributed by atoms with E-state index >= 15 is 0 Å². The van der Waals surface area contributed by atoms with E-state index in [0.29, 0.717) is 28.8 Å². The van der Waals surface area contributed by atoms with Gasteiger partial charge < -0.3 is 10.4 Å². The smallest absolute Gasteiger partial charge is 0.433 e. The first-order chi connectivity index (χ1) is 13.5. The van der Waals surface area contributed by atoms with Gasteiger partial charge in [0.05, 0.1) is 0 Å². The third-order valence-corrected chi connectivity index (χ3v) is 4.47. The van der Waals surface area contributed by atoms with E-state index in [-0.39, 0.29) is 11.3 Å². The number of aromatic hydroxyl groups is 1. The van der Waals surface area contributed by atoms with Crippen LogP contribution in [0.2, 0.25) is 0 Å². The van der Waals surface area contributed by atoms with Crippen LogP contribution >= 0.6 is 0 Å². The quantitative estimate of drug-likeness (QED) is 0.562. The molecular weight excluding hydrogens is 377 g/mol. The van der Waals surface area contributed by atoms with Crippen molar-refractivity contribution in [2.75, 3.05) is 0 Å². The lowest BCUT2D eigenvalue weighted by Gasteiger charge is -2.22. The number of hydrogen-bond donors (Lipinski definition) is 2. The summed E-state index contributed by atoms with van der Waals surface area (Å²) in [6.45, 7) is 6.47. The van der Waals surface area contributed by atoms with Crippen molar-refractivity contribution in [1.82, 2.24) is 10.3 Å². The van der Waals surface area contributed by atoms with Gasteiger partial charge in [-0.2, -0.15) is 13.2 Å². The second-order valence-corrected chi connectivity index (χ2v) is 7.93. The standard InChI is InChI=1S/C23H23F3N2O/c1-22(2,3)28-14-18-11-17(16-9-10-20(27-13-16)23(24,25)26)12-19(21(18)29)15-7-5-4-6-8-15/h4-13,28-29H,14H2,1-3H3. The fourth-order valence-corrected chi connectivity index (χ4v) is 2.93. The monoisotopic (exact) mass is 400 g/mol.